The summed E-state index contributed by atoms with van der Waals surface area (Å²) in [6, 6.07) is 2.21. The molecule has 2 N–H and O–H groups in total. The maximum Gasteiger partial charge on any atom is 0.243 e. The fourth-order valence-corrected chi connectivity index (χ4v) is 6.61. The van der Waals surface area contributed by atoms with Gasteiger partial charge in [0.1, 0.15) is 0 Å². The van der Waals surface area contributed by atoms with Crippen LogP contribution in [0.1, 0.15) is 51.5 Å². The van der Waals surface area contributed by atoms with Crippen LogP contribution in [0.25, 0.3) is 0 Å². The predicted octanol–water partition coefficient (Wildman–Crippen LogP) is 3.10. The second kappa shape index (κ2) is 11.2. The van der Waals surface area contributed by atoms with E-state index in [1.54, 1.807) is 6.20 Å². The van der Waals surface area contributed by atoms with E-state index in [0.29, 0.717) is 16.5 Å². The lowest BCUT2D eigenvalue weighted by Gasteiger charge is -2.44. The molecule has 2 aromatic heterocycles. The Kier molecular flexibility index (Phi) is 7.92. The normalized spacial score (nSPS) is 24.2. The second-order valence-corrected chi connectivity index (χ2v) is 12.8. The smallest absolute Gasteiger partial charge is 0.243 e. The van der Waals surface area contributed by atoms with Crippen LogP contribution in [-0.2, 0) is 4.79 Å². The lowest BCUT2D eigenvalue weighted by atomic mass is 9.70. The summed E-state index contributed by atoms with van der Waals surface area (Å²) in [4.78, 5) is 20.7. The topological polar surface area (TPSA) is 102 Å². The van der Waals surface area contributed by atoms with Crippen molar-refractivity contribution in [2.45, 2.75) is 65.0 Å². The van der Waals surface area contributed by atoms with Crippen molar-refractivity contribution in [1.29, 1.82) is 0 Å². The van der Waals surface area contributed by atoms with Gasteiger partial charge in [-0.1, -0.05) is 25.2 Å². The Morgan fingerprint density at radius 2 is 1.78 bits per heavy atom. The molecule has 0 unspecified atom stereocenters. The molecule has 0 spiro atoms. The Morgan fingerprint density at radius 1 is 1.05 bits per heavy atom. The van der Waals surface area contributed by atoms with Gasteiger partial charge in [-0.05, 0) is 69.0 Å². The van der Waals surface area contributed by atoms with Crippen molar-refractivity contribution in [3.8, 4) is 0 Å². The molecular weight excluding hydrogens is 486 g/mol. The number of aryl methyl sites for hydroxylation is 1. The van der Waals surface area contributed by atoms with E-state index < -0.39 is 0 Å². The Balaban J connectivity index is 1.20. The number of piperazine rings is 1. The van der Waals surface area contributed by atoms with Gasteiger partial charge in [0.25, 0.3) is 0 Å². The fraction of sp³-hybridized carbons (Fsp3) is 0.731. The quantitative estimate of drug-likeness (QED) is 0.562. The summed E-state index contributed by atoms with van der Waals surface area (Å²) in [5.74, 6) is 1.37. The molecule has 0 bridgehead atoms. The van der Waals surface area contributed by atoms with Crippen molar-refractivity contribution in [2.75, 3.05) is 61.8 Å². The van der Waals surface area contributed by atoms with E-state index in [1.807, 2.05) is 6.92 Å². The molecule has 2 aromatic rings. The highest BCUT2D eigenvalue weighted by molar-refractivity contribution is 7.19. The minimum absolute atomic E-state index is 0.0713. The first-order chi connectivity index (χ1) is 17.8. The molecule has 1 amide bonds. The number of carbonyl (C=O) groups is 1. The third-order valence-electron chi connectivity index (χ3n) is 8.30. The number of nitrogens with one attached hydrogen (secondary N) is 2. The minimum atomic E-state index is -0.107. The van der Waals surface area contributed by atoms with Crippen LogP contribution >= 0.6 is 11.3 Å². The molecule has 2 saturated heterocycles. The number of amides is 1. The number of nitrogens with zero attached hydrogens (tertiary/aromatic N) is 7. The van der Waals surface area contributed by atoms with Gasteiger partial charge in [-0.15, -0.1) is 15.3 Å². The fourth-order valence-electron chi connectivity index (χ4n) is 5.89. The number of aromatic nitrogens is 4. The third-order valence-corrected chi connectivity index (χ3v) is 9.07. The van der Waals surface area contributed by atoms with Crippen LogP contribution in [0.2, 0.25) is 0 Å². The van der Waals surface area contributed by atoms with Crippen molar-refractivity contribution < 1.29 is 4.79 Å². The predicted molar refractivity (Wildman–Crippen MR) is 148 cm³/mol. The van der Waals surface area contributed by atoms with Gasteiger partial charge < -0.3 is 15.1 Å². The van der Waals surface area contributed by atoms with E-state index in [-0.39, 0.29) is 18.0 Å². The first-order valence-corrected chi connectivity index (χ1v) is 14.5. The summed E-state index contributed by atoms with van der Waals surface area (Å²) in [7, 11) is 2.16. The molecule has 0 aromatic carbocycles. The van der Waals surface area contributed by atoms with E-state index in [1.165, 1.54) is 24.2 Å². The van der Waals surface area contributed by atoms with Crippen LogP contribution in [0.4, 0.5) is 16.1 Å². The Hall–Kier alpha value is -2.37. The average molecular weight is 528 g/mol. The van der Waals surface area contributed by atoms with Crippen LogP contribution in [-0.4, -0.2) is 94.5 Å². The van der Waals surface area contributed by atoms with Gasteiger partial charge in [0, 0.05) is 45.3 Å². The van der Waals surface area contributed by atoms with E-state index in [2.05, 4.69) is 72.7 Å². The van der Waals surface area contributed by atoms with Crippen molar-refractivity contribution in [3.63, 3.8) is 0 Å². The summed E-state index contributed by atoms with van der Waals surface area (Å²) in [5, 5.41) is 25.0. The first-order valence-electron chi connectivity index (χ1n) is 13.6. The van der Waals surface area contributed by atoms with Crippen LogP contribution in [0.15, 0.2) is 12.3 Å². The Bertz CT molecular complexity index is 1060. The number of hydrogen-bond donors (Lipinski definition) is 2. The number of rotatable bonds is 7. The highest BCUT2D eigenvalue weighted by Crippen LogP contribution is 2.40. The molecule has 4 heterocycles. The second-order valence-electron chi connectivity index (χ2n) is 11.9. The van der Waals surface area contributed by atoms with Crippen molar-refractivity contribution >= 4 is 33.3 Å². The van der Waals surface area contributed by atoms with E-state index >= 15 is 0 Å². The molecule has 5 rings (SSSR count). The number of carbonyl (C=O) groups excluding carboxylic acids is 1. The molecule has 202 valence electrons. The van der Waals surface area contributed by atoms with Gasteiger partial charge in [-0.3, -0.25) is 15.0 Å². The van der Waals surface area contributed by atoms with Crippen LogP contribution in [0.3, 0.4) is 0 Å². The molecule has 10 nitrogen and oxygen atoms in total. The maximum atomic E-state index is 13.7. The van der Waals surface area contributed by atoms with Crippen molar-refractivity contribution in [1.82, 2.24) is 30.2 Å². The lowest BCUT2D eigenvalue weighted by Crippen LogP contribution is -2.56. The van der Waals surface area contributed by atoms with Crippen LogP contribution in [0.5, 0.6) is 0 Å². The van der Waals surface area contributed by atoms with Gasteiger partial charge in [0.2, 0.25) is 16.2 Å². The van der Waals surface area contributed by atoms with E-state index in [4.69, 9.17) is 0 Å². The van der Waals surface area contributed by atoms with Gasteiger partial charge in [0.05, 0.1) is 12.2 Å². The monoisotopic (exact) mass is 527 g/mol. The maximum absolute atomic E-state index is 13.7. The zero-order valence-corrected chi connectivity index (χ0v) is 23.4. The zero-order valence-electron chi connectivity index (χ0n) is 22.6. The summed E-state index contributed by atoms with van der Waals surface area (Å²) in [5.41, 5.74) is 1.49. The molecule has 1 aliphatic carbocycles. The summed E-state index contributed by atoms with van der Waals surface area (Å²) < 4.78 is 0. The molecule has 3 fully saturated rings. The molecule has 2 aliphatic heterocycles. The van der Waals surface area contributed by atoms with Gasteiger partial charge in [0.15, 0.2) is 5.82 Å². The highest BCUT2D eigenvalue weighted by Gasteiger charge is 2.39. The minimum Gasteiger partial charge on any atom is -0.355 e. The molecule has 0 radical (unpaired) electrons. The Morgan fingerprint density at radius 3 is 2.51 bits per heavy atom. The van der Waals surface area contributed by atoms with Gasteiger partial charge in [-0.2, -0.15) is 5.10 Å². The molecule has 1 saturated carbocycles. The largest absolute Gasteiger partial charge is 0.355 e. The van der Waals surface area contributed by atoms with Crippen molar-refractivity contribution in [3.05, 3.63) is 17.8 Å². The molecule has 11 heteroatoms. The van der Waals surface area contributed by atoms with Crippen LogP contribution < -0.4 is 15.5 Å². The molecule has 3 aliphatic rings. The van der Waals surface area contributed by atoms with Crippen molar-refractivity contribution in [2.24, 2.45) is 11.3 Å². The molecule has 2 atom stereocenters. The third kappa shape index (κ3) is 6.56. The average Bonchev–Trinajstić information content (AvgIpc) is 3.51. The highest BCUT2D eigenvalue weighted by atomic mass is 32.1. The number of hydrogen-bond acceptors (Lipinski definition) is 10. The molecular formula is C26H41N9OS. The van der Waals surface area contributed by atoms with E-state index in [0.717, 1.165) is 75.0 Å². The summed E-state index contributed by atoms with van der Waals surface area (Å²) in [6.45, 7) is 12.4. The SMILES string of the molecule is Cc1cnnc(N2CC[C@@H](Nc3nnc(NC(=O)[C@@H](C4CCC(C)(C)CC4)N4CCN(C)CC4)s3)C2)c1. The summed E-state index contributed by atoms with van der Waals surface area (Å²) >= 11 is 1.42. The summed E-state index contributed by atoms with van der Waals surface area (Å²) in [6.07, 6.45) is 7.31. The number of likely N-dealkylation sites (N-methyl/N-ethyl adjacent to an activating group) is 1. The lowest BCUT2D eigenvalue weighted by molar-refractivity contribution is -0.125. The number of anilines is 3. The van der Waals surface area contributed by atoms with E-state index in [9.17, 15) is 4.79 Å². The first kappa shape index (κ1) is 26.2. The van der Waals surface area contributed by atoms with Crippen LogP contribution in [0, 0.1) is 18.3 Å². The Labute approximate surface area is 224 Å². The standard InChI is InChI=1S/C26H41N9OS/c1-18-15-21(30-27-16-18)35-10-7-20(17-35)28-24-31-32-25(37-24)29-23(36)22(34-13-11-33(4)12-14-34)19-5-8-26(2,3)9-6-19/h15-16,19-20,22H,5-14,17H2,1-4H3,(H,28,31)(H,29,32,36)/t20-,22-/m1/s1. The molecule has 37 heavy (non-hydrogen) atoms. The van der Waals surface area contributed by atoms with Gasteiger partial charge >= 0.3 is 0 Å². The van der Waals surface area contributed by atoms with Gasteiger partial charge in [-0.25, -0.2) is 0 Å². The zero-order chi connectivity index (χ0) is 26.0.